The summed E-state index contributed by atoms with van der Waals surface area (Å²) in [7, 11) is 0. The van der Waals surface area contributed by atoms with Gasteiger partial charge in [-0.15, -0.1) is 16.8 Å². The van der Waals surface area contributed by atoms with Crippen LogP contribution in [-0.2, 0) is 17.5 Å². The number of nitrogens with two attached hydrogens (primary N) is 1. The molecule has 2 aromatic rings. The third-order valence-corrected chi connectivity index (χ3v) is 5.17. The molecule has 0 saturated heterocycles. The van der Waals surface area contributed by atoms with Crippen molar-refractivity contribution in [3.8, 4) is 0 Å². The Bertz CT molecular complexity index is 819. The number of nitrogens with zero attached hydrogens (tertiary/aromatic N) is 3. The van der Waals surface area contributed by atoms with Crippen LogP contribution in [0, 0.1) is 5.92 Å². The second-order valence-corrected chi connectivity index (χ2v) is 7.16. The fourth-order valence-electron chi connectivity index (χ4n) is 2.34. The van der Waals surface area contributed by atoms with Gasteiger partial charge in [0.2, 0.25) is 11.9 Å². The van der Waals surface area contributed by atoms with Crippen LogP contribution >= 0.6 is 11.8 Å². The Hall–Kier alpha value is -2.49. The van der Waals surface area contributed by atoms with E-state index in [1.165, 1.54) is 18.2 Å². The highest BCUT2D eigenvalue weighted by Gasteiger charge is 2.34. The van der Waals surface area contributed by atoms with Crippen LogP contribution in [0.2, 0.25) is 0 Å². The number of alkyl halides is 3. The lowest BCUT2D eigenvalue weighted by Gasteiger charge is -2.21. The van der Waals surface area contributed by atoms with E-state index in [2.05, 4.69) is 22.1 Å². The number of rotatable bonds is 7. The van der Waals surface area contributed by atoms with E-state index in [9.17, 15) is 18.0 Å². The third kappa shape index (κ3) is 5.03. The Morgan fingerprint density at radius 3 is 2.63 bits per heavy atom. The number of hydrogen-bond donors (Lipinski definition) is 2. The SMILES string of the molecule is C=CCn1c(N)nnc1S[C@H](C(=O)Nc1ccccc1C(F)(F)F)C(C)C. The average Bonchev–Trinajstić information content (AvgIpc) is 2.92. The molecular formula is C17H20F3N5OS. The molecule has 0 aliphatic carbocycles. The van der Waals surface area contributed by atoms with Gasteiger partial charge >= 0.3 is 6.18 Å². The molecule has 6 nitrogen and oxygen atoms in total. The van der Waals surface area contributed by atoms with Crippen molar-refractivity contribution < 1.29 is 18.0 Å². The summed E-state index contributed by atoms with van der Waals surface area (Å²) in [5, 5.41) is 9.81. The number of benzene rings is 1. The first-order chi connectivity index (χ1) is 12.6. The first-order valence-electron chi connectivity index (χ1n) is 8.08. The molecule has 0 bridgehead atoms. The average molecular weight is 399 g/mol. The Morgan fingerprint density at radius 2 is 2.04 bits per heavy atom. The molecule has 0 fully saturated rings. The number of carbonyl (C=O) groups is 1. The van der Waals surface area contributed by atoms with Crippen molar-refractivity contribution in [3.05, 3.63) is 42.5 Å². The van der Waals surface area contributed by atoms with Gasteiger partial charge in [0, 0.05) is 6.54 Å². The summed E-state index contributed by atoms with van der Waals surface area (Å²) in [5.74, 6) is -0.565. The predicted octanol–water partition coefficient (Wildman–Crippen LogP) is 3.82. The van der Waals surface area contributed by atoms with E-state index in [-0.39, 0.29) is 17.6 Å². The normalized spacial score (nSPS) is 12.8. The van der Waals surface area contributed by atoms with Crippen LogP contribution in [0.25, 0.3) is 0 Å². The maximum Gasteiger partial charge on any atom is 0.418 e. The van der Waals surface area contributed by atoms with E-state index < -0.39 is 22.9 Å². The van der Waals surface area contributed by atoms with E-state index in [0.717, 1.165) is 17.8 Å². The minimum Gasteiger partial charge on any atom is -0.368 e. The highest BCUT2D eigenvalue weighted by Crippen LogP contribution is 2.35. The lowest BCUT2D eigenvalue weighted by atomic mass is 10.1. The molecule has 1 heterocycles. The van der Waals surface area contributed by atoms with Crippen molar-refractivity contribution in [1.29, 1.82) is 0 Å². The van der Waals surface area contributed by atoms with E-state index in [0.29, 0.717) is 11.7 Å². The van der Waals surface area contributed by atoms with Crippen molar-refractivity contribution in [3.63, 3.8) is 0 Å². The van der Waals surface area contributed by atoms with Crippen LogP contribution in [0.4, 0.5) is 24.8 Å². The van der Waals surface area contributed by atoms with Crippen molar-refractivity contribution in [2.24, 2.45) is 5.92 Å². The molecule has 27 heavy (non-hydrogen) atoms. The van der Waals surface area contributed by atoms with Crippen LogP contribution < -0.4 is 11.1 Å². The molecule has 0 aliphatic rings. The molecule has 0 saturated carbocycles. The Morgan fingerprint density at radius 1 is 1.37 bits per heavy atom. The molecule has 0 spiro atoms. The predicted molar refractivity (Wildman–Crippen MR) is 99.2 cm³/mol. The standard InChI is InChI=1S/C17H20F3N5OS/c1-4-9-25-15(21)23-24-16(25)27-13(10(2)3)14(26)22-12-8-6-5-7-11(12)17(18,19)20/h4-8,10,13H,1,9H2,2-3H3,(H2,21,23)(H,22,26)/t13-/m0/s1. The van der Waals surface area contributed by atoms with Gasteiger partial charge in [-0.1, -0.05) is 43.8 Å². The van der Waals surface area contributed by atoms with Crippen LogP contribution in [0.15, 0.2) is 42.1 Å². The maximum absolute atomic E-state index is 13.1. The first-order valence-corrected chi connectivity index (χ1v) is 8.96. The lowest BCUT2D eigenvalue weighted by Crippen LogP contribution is -2.31. The molecule has 1 amide bonds. The van der Waals surface area contributed by atoms with E-state index in [1.807, 2.05) is 0 Å². The fraction of sp³-hybridized carbons (Fsp3) is 0.353. The molecule has 0 unspecified atom stereocenters. The Balaban J connectivity index is 2.26. The summed E-state index contributed by atoms with van der Waals surface area (Å²) < 4.78 is 41.0. The number of amides is 1. The summed E-state index contributed by atoms with van der Waals surface area (Å²) >= 11 is 1.09. The van der Waals surface area contributed by atoms with Gasteiger partial charge in [-0.25, -0.2) is 0 Å². The zero-order chi connectivity index (χ0) is 20.2. The molecular weight excluding hydrogens is 379 g/mol. The van der Waals surface area contributed by atoms with E-state index in [4.69, 9.17) is 5.73 Å². The van der Waals surface area contributed by atoms with Gasteiger partial charge in [-0.2, -0.15) is 13.2 Å². The van der Waals surface area contributed by atoms with E-state index in [1.54, 1.807) is 24.5 Å². The molecule has 1 aromatic carbocycles. The van der Waals surface area contributed by atoms with E-state index >= 15 is 0 Å². The Labute approximate surface area is 159 Å². The number of para-hydroxylation sites is 1. The number of nitrogens with one attached hydrogen (secondary N) is 1. The molecule has 146 valence electrons. The number of nitrogen functional groups attached to an aromatic ring is 1. The van der Waals surface area contributed by atoms with Gasteiger partial charge in [0.1, 0.15) is 0 Å². The largest absolute Gasteiger partial charge is 0.418 e. The quantitative estimate of drug-likeness (QED) is 0.546. The van der Waals surface area contributed by atoms with Crippen LogP contribution in [0.1, 0.15) is 19.4 Å². The summed E-state index contributed by atoms with van der Waals surface area (Å²) in [4.78, 5) is 12.7. The summed E-state index contributed by atoms with van der Waals surface area (Å²) in [6, 6.07) is 4.85. The molecule has 1 aromatic heterocycles. The van der Waals surface area contributed by atoms with Crippen molar-refractivity contribution >= 4 is 29.3 Å². The van der Waals surface area contributed by atoms with Crippen LogP contribution in [-0.4, -0.2) is 25.9 Å². The molecule has 0 aliphatic heterocycles. The topological polar surface area (TPSA) is 85.8 Å². The highest BCUT2D eigenvalue weighted by atomic mass is 32.2. The molecule has 2 rings (SSSR count). The number of carbonyl (C=O) groups excluding carboxylic acids is 1. The number of anilines is 2. The smallest absolute Gasteiger partial charge is 0.368 e. The molecule has 1 atom stereocenters. The Kier molecular flexibility index (Phi) is 6.53. The van der Waals surface area contributed by atoms with Gasteiger partial charge < -0.3 is 11.1 Å². The summed E-state index contributed by atoms with van der Waals surface area (Å²) in [6.45, 7) is 7.57. The summed E-state index contributed by atoms with van der Waals surface area (Å²) in [6.07, 6.45) is -2.96. The fourth-order valence-corrected chi connectivity index (χ4v) is 3.39. The minimum absolute atomic E-state index is 0.169. The number of halogens is 3. The second kappa shape index (κ2) is 8.47. The van der Waals surface area contributed by atoms with Crippen LogP contribution in [0.3, 0.4) is 0 Å². The lowest BCUT2D eigenvalue weighted by molar-refractivity contribution is -0.137. The number of thioether (sulfide) groups is 1. The second-order valence-electron chi connectivity index (χ2n) is 6.06. The van der Waals surface area contributed by atoms with Crippen molar-refractivity contribution in [2.45, 2.75) is 37.0 Å². The van der Waals surface area contributed by atoms with Crippen molar-refractivity contribution in [2.75, 3.05) is 11.1 Å². The molecule has 0 radical (unpaired) electrons. The maximum atomic E-state index is 13.1. The zero-order valence-corrected chi connectivity index (χ0v) is 15.6. The molecule has 3 N–H and O–H groups in total. The number of allylic oxidation sites excluding steroid dienone is 1. The van der Waals surface area contributed by atoms with Gasteiger partial charge in [0.15, 0.2) is 5.16 Å². The van der Waals surface area contributed by atoms with Gasteiger partial charge in [-0.05, 0) is 18.1 Å². The zero-order valence-electron chi connectivity index (χ0n) is 14.8. The van der Waals surface area contributed by atoms with Gasteiger partial charge in [0.25, 0.3) is 0 Å². The first kappa shape index (κ1) is 20.8. The number of aromatic nitrogens is 3. The van der Waals surface area contributed by atoms with Crippen LogP contribution in [0.5, 0.6) is 0 Å². The van der Waals surface area contributed by atoms with Gasteiger partial charge in [-0.3, -0.25) is 9.36 Å². The number of hydrogen-bond acceptors (Lipinski definition) is 5. The highest BCUT2D eigenvalue weighted by molar-refractivity contribution is 8.00. The minimum atomic E-state index is -4.57. The van der Waals surface area contributed by atoms with Crippen molar-refractivity contribution in [1.82, 2.24) is 14.8 Å². The van der Waals surface area contributed by atoms with Gasteiger partial charge in [0.05, 0.1) is 16.5 Å². The molecule has 10 heteroatoms. The monoisotopic (exact) mass is 399 g/mol. The summed E-state index contributed by atoms with van der Waals surface area (Å²) in [5.41, 5.74) is 4.57. The third-order valence-electron chi connectivity index (χ3n) is 3.64.